The molecule has 1 aliphatic carbocycles. The van der Waals surface area contributed by atoms with Crippen LogP contribution in [0.4, 0.5) is 4.39 Å². The SMILES string of the molecule is CCCCn1nc(C)c(/C=C/C(=O)N(Cc2ccccc2F)C2CC2)c1Cl. The van der Waals surface area contributed by atoms with Crippen LogP contribution >= 0.6 is 11.6 Å². The largest absolute Gasteiger partial charge is 0.332 e. The van der Waals surface area contributed by atoms with Crippen LogP contribution in [0, 0.1) is 12.7 Å². The molecular weight excluding hydrogens is 365 g/mol. The van der Waals surface area contributed by atoms with Crippen molar-refractivity contribution in [2.45, 2.75) is 58.7 Å². The summed E-state index contributed by atoms with van der Waals surface area (Å²) in [5.41, 5.74) is 2.10. The summed E-state index contributed by atoms with van der Waals surface area (Å²) >= 11 is 6.43. The van der Waals surface area contributed by atoms with Gasteiger partial charge in [0.15, 0.2) is 0 Å². The number of aryl methyl sites for hydroxylation is 2. The lowest BCUT2D eigenvalue weighted by molar-refractivity contribution is -0.127. The number of rotatable bonds is 8. The minimum absolute atomic E-state index is 0.127. The Morgan fingerprint density at radius 3 is 2.81 bits per heavy atom. The number of benzene rings is 1. The maximum atomic E-state index is 14.0. The summed E-state index contributed by atoms with van der Waals surface area (Å²) in [5.74, 6) is -0.409. The second-order valence-corrected chi connectivity index (χ2v) is 7.35. The first-order valence-corrected chi connectivity index (χ1v) is 9.84. The van der Waals surface area contributed by atoms with Gasteiger partial charge in [0.1, 0.15) is 11.0 Å². The number of hydrogen-bond acceptors (Lipinski definition) is 2. The van der Waals surface area contributed by atoms with Gasteiger partial charge in [-0.3, -0.25) is 9.48 Å². The quantitative estimate of drug-likeness (QED) is 0.596. The third-order valence-electron chi connectivity index (χ3n) is 4.79. The molecule has 0 unspecified atom stereocenters. The van der Waals surface area contributed by atoms with E-state index in [9.17, 15) is 9.18 Å². The van der Waals surface area contributed by atoms with E-state index in [2.05, 4.69) is 12.0 Å². The van der Waals surface area contributed by atoms with Gasteiger partial charge in [0.25, 0.3) is 0 Å². The first-order valence-electron chi connectivity index (χ1n) is 9.46. The molecule has 2 aromatic rings. The predicted octanol–water partition coefficient (Wildman–Crippen LogP) is 4.99. The second-order valence-electron chi connectivity index (χ2n) is 6.99. The Labute approximate surface area is 164 Å². The molecule has 0 aliphatic heterocycles. The van der Waals surface area contributed by atoms with E-state index in [0.29, 0.717) is 10.7 Å². The van der Waals surface area contributed by atoms with Crippen LogP contribution < -0.4 is 0 Å². The number of nitrogens with zero attached hydrogens (tertiary/aromatic N) is 3. The molecular formula is C21H25ClFN3O. The summed E-state index contributed by atoms with van der Waals surface area (Å²) in [7, 11) is 0. The van der Waals surface area contributed by atoms with E-state index in [4.69, 9.17) is 11.6 Å². The molecule has 0 bridgehead atoms. The fourth-order valence-electron chi connectivity index (χ4n) is 3.05. The highest BCUT2D eigenvalue weighted by Crippen LogP contribution is 2.29. The van der Waals surface area contributed by atoms with Crippen molar-refractivity contribution >= 4 is 23.6 Å². The van der Waals surface area contributed by atoms with Crippen molar-refractivity contribution in [3.8, 4) is 0 Å². The Balaban J connectivity index is 1.74. The van der Waals surface area contributed by atoms with Crippen molar-refractivity contribution in [3.05, 3.63) is 58.1 Å². The van der Waals surface area contributed by atoms with E-state index in [1.54, 1.807) is 33.9 Å². The Bertz CT molecular complexity index is 842. The van der Waals surface area contributed by atoms with Gasteiger partial charge in [0.05, 0.1) is 5.69 Å². The van der Waals surface area contributed by atoms with E-state index in [1.165, 1.54) is 12.1 Å². The summed E-state index contributed by atoms with van der Waals surface area (Å²) in [6, 6.07) is 6.78. The molecule has 1 aromatic carbocycles. The van der Waals surface area contributed by atoms with Crippen molar-refractivity contribution in [3.63, 3.8) is 0 Å². The van der Waals surface area contributed by atoms with Gasteiger partial charge in [0, 0.05) is 36.3 Å². The number of carbonyl (C=O) groups excluding carboxylic acids is 1. The van der Waals surface area contributed by atoms with Crippen molar-refractivity contribution in [1.82, 2.24) is 14.7 Å². The first-order chi connectivity index (χ1) is 13.0. The summed E-state index contributed by atoms with van der Waals surface area (Å²) in [4.78, 5) is 14.5. The van der Waals surface area contributed by atoms with Crippen molar-refractivity contribution in [1.29, 1.82) is 0 Å². The van der Waals surface area contributed by atoms with Gasteiger partial charge < -0.3 is 4.90 Å². The lowest BCUT2D eigenvalue weighted by Crippen LogP contribution is -2.31. The van der Waals surface area contributed by atoms with Crippen molar-refractivity contribution < 1.29 is 9.18 Å². The minimum Gasteiger partial charge on any atom is -0.332 e. The second kappa shape index (κ2) is 8.70. The highest BCUT2D eigenvalue weighted by molar-refractivity contribution is 6.31. The number of unbranched alkanes of at least 4 members (excludes halogenated alkanes) is 1. The van der Waals surface area contributed by atoms with E-state index in [-0.39, 0.29) is 24.3 Å². The van der Waals surface area contributed by atoms with Crippen LogP contribution in [0.2, 0.25) is 5.15 Å². The predicted molar refractivity (Wildman–Crippen MR) is 106 cm³/mol. The fourth-order valence-corrected chi connectivity index (χ4v) is 3.37. The maximum absolute atomic E-state index is 14.0. The van der Waals surface area contributed by atoms with E-state index >= 15 is 0 Å². The summed E-state index contributed by atoms with van der Waals surface area (Å²) in [6.07, 6.45) is 7.24. The molecule has 4 nitrogen and oxygen atoms in total. The number of halogens is 2. The zero-order chi connectivity index (χ0) is 19.4. The topological polar surface area (TPSA) is 38.1 Å². The van der Waals surface area contributed by atoms with Crippen molar-refractivity contribution in [2.24, 2.45) is 0 Å². The van der Waals surface area contributed by atoms with E-state index < -0.39 is 0 Å². The number of hydrogen-bond donors (Lipinski definition) is 0. The van der Waals surface area contributed by atoms with Crippen LogP contribution in [-0.2, 0) is 17.9 Å². The van der Waals surface area contributed by atoms with Crippen LogP contribution in [-0.4, -0.2) is 26.6 Å². The maximum Gasteiger partial charge on any atom is 0.247 e. The zero-order valence-corrected chi connectivity index (χ0v) is 16.5. The highest BCUT2D eigenvalue weighted by atomic mass is 35.5. The van der Waals surface area contributed by atoms with Crippen LogP contribution in [0.15, 0.2) is 30.3 Å². The monoisotopic (exact) mass is 389 g/mol. The standard InChI is InChI=1S/C21H25ClFN3O/c1-3-4-13-26-21(22)18(15(2)24-26)11-12-20(27)25(17-9-10-17)14-16-7-5-6-8-19(16)23/h5-8,11-12,17H,3-4,9-10,13-14H2,1-2H3/b12-11+. The molecule has 6 heteroatoms. The normalized spacial score (nSPS) is 14.1. The molecule has 0 radical (unpaired) electrons. The van der Waals surface area contributed by atoms with Crippen LogP contribution in [0.25, 0.3) is 6.08 Å². The third kappa shape index (κ3) is 4.78. The highest BCUT2D eigenvalue weighted by Gasteiger charge is 2.32. The molecule has 0 atom stereocenters. The zero-order valence-electron chi connectivity index (χ0n) is 15.8. The smallest absolute Gasteiger partial charge is 0.247 e. The Morgan fingerprint density at radius 1 is 1.41 bits per heavy atom. The number of aromatic nitrogens is 2. The minimum atomic E-state index is -0.281. The van der Waals surface area contributed by atoms with Gasteiger partial charge in [0.2, 0.25) is 5.91 Å². The lowest BCUT2D eigenvalue weighted by atomic mass is 10.2. The summed E-state index contributed by atoms with van der Waals surface area (Å²) in [6.45, 7) is 5.05. The molecule has 27 heavy (non-hydrogen) atoms. The third-order valence-corrected chi connectivity index (χ3v) is 5.19. The van der Waals surface area contributed by atoms with Gasteiger partial charge in [-0.15, -0.1) is 0 Å². The Kier molecular flexibility index (Phi) is 6.32. The molecule has 1 aliphatic rings. The molecule has 1 aromatic heterocycles. The van der Waals surface area contributed by atoms with Gasteiger partial charge >= 0.3 is 0 Å². The molecule has 1 saturated carbocycles. The molecule has 144 valence electrons. The van der Waals surface area contributed by atoms with Gasteiger partial charge in [-0.05, 0) is 38.3 Å². The number of amides is 1. The fraction of sp³-hybridized carbons (Fsp3) is 0.429. The Morgan fingerprint density at radius 2 is 2.15 bits per heavy atom. The van der Waals surface area contributed by atoms with Crippen LogP contribution in [0.5, 0.6) is 0 Å². The molecule has 1 amide bonds. The summed E-state index contributed by atoms with van der Waals surface area (Å²) < 4.78 is 15.8. The van der Waals surface area contributed by atoms with E-state index in [0.717, 1.165) is 43.5 Å². The molecule has 1 fully saturated rings. The lowest BCUT2D eigenvalue weighted by Gasteiger charge is -2.21. The molecule has 3 rings (SSSR count). The summed E-state index contributed by atoms with van der Waals surface area (Å²) in [5, 5.41) is 5.01. The van der Waals surface area contributed by atoms with E-state index in [1.807, 2.05) is 6.92 Å². The van der Waals surface area contributed by atoms with Gasteiger partial charge in [-0.1, -0.05) is 43.1 Å². The first kappa shape index (κ1) is 19.6. The van der Waals surface area contributed by atoms with Gasteiger partial charge in [-0.25, -0.2) is 4.39 Å². The average molecular weight is 390 g/mol. The van der Waals surface area contributed by atoms with Gasteiger partial charge in [-0.2, -0.15) is 5.10 Å². The van der Waals surface area contributed by atoms with Crippen molar-refractivity contribution in [2.75, 3.05) is 0 Å². The van der Waals surface area contributed by atoms with Crippen LogP contribution in [0.3, 0.4) is 0 Å². The molecule has 1 heterocycles. The molecule has 0 saturated heterocycles. The molecule has 0 spiro atoms. The molecule has 0 N–H and O–H groups in total. The number of carbonyl (C=O) groups is 1. The van der Waals surface area contributed by atoms with Crippen LogP contribution in [0.1, 0.15) is 49.4 Å². The Hall–Kier alpha value is -2.14. The average Bonchev–Trinajstić information content (AvgIpc) is 3.45.